The average Bonchev–Trinajstić information content (AvgIpc) is 2.71. The summed E-state index contributed by atoms with van der Waals surface area (Å²) in [5.74, 6) is 0.158. The molecule has 1 amide bonds. The maximum atomic E-state index is 13.5. The largest absolute Gasteiger partial charge is 0.444 e. The van der Waals surface area contributed by atoms with Crippen LogP contribution in [-0.2, 0) is 21.0 Å². The van der Waals surface area contributed by atoms with E-state index in [2.05, 4.69) is 10.3 Å². The fourth-order valence-corrected chi connectivity index (χ4v) is 4.27. The molecule has 0 radical (unpaired) electrons. The zero-order valence-corrected chi connectivity index (χ0v) is 19.9. The lowest BCUT2D eigenvalue weighted by molar-refractivity contribution is 0.0528. The quantitative estimate of drug-likeness (QED) is 0.560. The summed E-state index contributed by atoms with van der Waals surface area (Å²) in [5, 5.41) is 2.42. The summed E-state index contributed by atoms with van der Waals surface area (Å²) in [6, 6.07) is 9.45. The number of hydrogen-bond donors (Lipinski definition) is 1. The van der Waals surface area contributed by atoms with Gasteiger partial charge in [-0.15, -0.1) is 0 Å². The first-order chi connectivity index (χ1) is 15.8. The van der Waals surface area contributed by atoms with Crippen LogP contribution >= 0.6 is 0 Å². The van der Waals surface area contributed by atoms with E-state index in [-0.39, 0.29) is 45.8 Å². The number of aromatic nitrogens is 2. The van der Waals surface area contributed by atoms with Gasteiger partial charge in [-0.25, -0.2) is 27.0 Å². The first kappa shape index (κ1) is 25.3. The lowest BCUT2D eigenvalue weighted by Crippen LogP contribution is -2.34. The molecule has 1 aromatic heterocycles. The van der Waals surface area contributed by atoms with Gasteiger partial charge >= 0.3 is 6.09 Å². The molecule has 3 rings (SSSR count). The molecule has 0 aliphatic rings. The first-order valence-electron chi connectivity index (χ1n) is 10.4. The van der Waals surface area contributed by atoms with Crippen molar-refractivity contribution < 1.29 is 26.7 Å². The standard InChI is InChI=1S/C23H25F2N3O5S/c1-23(2,3)33-22(30)26-12-11-18-27-16-9-6-10-17(34(4,31)32)19(16)21(29)28(18)15-8-5-7-14(13-15)20(24)25/h5-10,13,20H,11-12H2,1-4H3,(H,26,30). The van der Waals surface area contributed by atoms with E-state index in [1.54, 1.807) is 20.8 Å². The van der Waals surface area contributed by atoms with E-state index >= 15 is 0 Å². The molecule has 1 N–H and O–H groups in total. The molecule has 34 heavy (non-hydrogen) atoms. The van der Waals surface area contributed by atoms with Crippen LogP contribution in [0.2, 0.25) is 0 Å². The molecule has 0 fully saturated rings. The number of ether oxygens (including phenoxy) is 1. The molecule has 3 aromatic rings. The van der Waals surface area contributed by atoms with E-state index in [0.29, 0.717) is 0 Å². The molecule has 0 aliphatic carbocycles. The lowest BCUT2D eigenvalue weighted by Gasteiger charge is -2.20. The van der Waals surface area contributed by atoms with Gasteiger partial charge in [-0.3, -0.25) is 9.36 Å². The van der Waals surface area contributed by atoms with Gasteiger partial charge in [0.1, 0.15) is 11.4 Å². The number of carbonyl (C=O) groups is 1. The Morgan fingerprint density at radius 1 is 1.18 bits per heavy atom. The van der Waals surface area contributed by atoms with Crippen molar-refractivity contribution in [1.82, 2.24) is 14.9 Å². The van der Waals surface area contributed by atoms with E-state index in [9.17, 15) is 26.8 Å². The highest BCUT2D eigenvalue weighted by molar-refractivity contribution is 7.91. The van der Waals surface area contributed by atoms with Gasteiger partial charge < -0.3 is 10.1 Å². The molecule has 0 spiro atoms. The molecule has 0 bridgehead atoms. The summed E-state index contributed by atoms with van der Waals surface area (Å²) in [4.78, 5) is 29.8. The van der Waals surface area contributed by atoms with E-state index in [4.69, 9.17) is 4.74 Å². The summed E-state index contributed by atoms with van der Waals surface area (Å²) < 4.78 is 57.5. The lowest BCUT2D eigenvalue weighted by atomic mass is 10.1. The number of alkyl carbamates (subject to hydrolysis) is 1. The number of amides is 1. The Kier molecular flexibility index (Phi) is 7.06. The van der Waals surface area contributed by atoms with Crippen LogP contribution in [0.1, 0.15) is 38.6 Å². The summed E-state index contributed by atoms with van der Waals surface area (Å²) in [6.07, 6.45) is -2.41. The van der Waals surface area contributed by atoms with Crippen LogP contribution in [0.15, 0.2) is 52.2 Å². The van der Waals surface area contributed by atoms with Gasteiger partial charge in [0, 0.05) is 24.8 Å². The third-order valence-corrected chi connectivity index (χ3v) is 5.86. The highest BCUT2D eigenvalue weighted by Crippen LogP contribution is 2.24. The molecule has 182 valence electrons. The normalized spacial score (nSPS) is 12.2. The Morgan fingerprint density at radius 2 is 1.85 bits per heavy atom. The smallest absolute Gasteiger partial charge is 0.407 e. The molecule has 1 heterocycles. The Morgan fingerprint density at radius 3 is 2.47 bits per heavy atom. The Labute approximate surface area is 195 Å². The van der Waals surface area contributed by atoms with Crippen molar-refractivity contribution in [3.05, 3.63) is 64.2 Å². The number of alkyl halides is 2. The van der Waals surface area contributed by atoms with Crippen molar-refractivity contribution in [3.8, 4) is 5.69 Å². The van der Waals surface area contributed by atoms with E-state index < -0.39 is 33.5 Å². The monoisotopic (exact) mass is 493 g/mol. The number of benzene rings is 2. The van der Waals surface area contributed by atoms with Crippen LogP contribution < -0.4 is 10.9 Å². The average molecular weight is 494 g/mol. The second-order valence-corrected chi connectivity index (χ2v) is 10.6. The number of rotatable bonds is 6. The molecule has 0 saturated heterocycles. The van der Waals surface area contributed by atoms with Crippen LogP contribution in [0.5, 0.6) is 0 Å². The summed E-state index contributed by atoms with van der Waals surface area (Å²) >= 11 is 0. The van der Waals surface area contributed by atoms with Crippen LogP contribution in [0.3, 0.4) is 0 Å². The van der Waals surface area contributed by atoms with E-state index in [1.165, 1.54) is 36.4 Å². The second kappa shape index (κ2) is 9.49. The van der Waals surface area contributed by atoms with Crippen LogP contribution in [0.4, 0.5) is 13.6 Å². The van der Waals surface area contributed by atoms with Crippen LogP contribution in [0, 0.1) is 0 Å². The van der Waals surface area contributed by atoms with E-state index in [1.807, 2.05) is 0 Å². The van der Waals surface area contributed by atoms with Crippen molar-refractivity contribution in [2.45, 2.75) is 44.1 Å². The zero-order valence-electron chi connectivity index (χ0n) is 19.1. The minimum atomic E-state index is -3.78. The van der Waals surface area contributed by atoms with Gasteiger partial charge in [0.2, 0.25) is 0 Å². The van der Waals surface area contributed by atoms with Crippen LogP contribution in [0.25, 0.3) is 16.6 Å². The van der Waals surface area contributed by atoms with E-state index in [0.717, 1.165) is 16.9 Å². The zero-order chi connectivity index (χ0) is 25.3. The topological polar surface area (TPSA) is 107 Å². The molecular formula is C23H25F2N3O5S. The molecular weight excluding hydrogens is 468 g/mol. The highest BCUT2D eigenvalue weighted by Gasteiger charge is 2.21. The molecule has 11 heteroatoms. The maximum absolute atomic E-state index is 13.5. The number of hydrogen-bond acceptors (Lipinski definition) is 6. The predicted molar refractivity (Wildman–Crippen MR) is 123 cm³/mol. The minimum absolute atomic E-state index is 0.0349. The maximum Gasteiger partial charge on any atom is 0.407 e. The summed E-state index contributed by atoms with van der Waals surface area (Å²) in [5.41, 5.74) is -1.48. The number of nitrogens with zero attached hydrogens (tertiary/aromatic N) is 2. The van der Waals surface area contributed by atoms with Crippen molar-refractivity contribution in [1.29, 1.82) is 0 Å². The number of nitrogens with one attached hydrogen (secondary N) is 1. The van der Waals surface area contributed by atoms with Gasteiger partial charge in [0.05, 0.1) is 21.5 Å². The van der Waals surface area contributed by atoms with Crippen molar-refractivity contribution in [2.24, 2.45) is 0 Å². The molecule has 0 aliphatic heterocycles. The van der Waals surface area contributed by atoms with Gasteiger partial charge in [-0.2, -0.15) is 0 Å². The fraction of sp³-hybridized carbons (Fsp3) is 0.348. The summed E-state index contributed by atoms with van der Waals surface area (Å²) in [6.45, 7) is 5.17. The Bertz CT molecular complexity index is 1400. The van der Waals surface area contributed by atoms with Gasteiger partial charge in [-0.05, 0) is 45.0 Å². The minimum Gasteiger partial charge on any atom is -0.444 e. The van der Waals surface area contributed by atoms with Gasteiger partial charge in [-0.1, -0.05) is 18.2 Å². The fourth-order valence-electron chi connectivity index (χ4n) is 3.38. The number of halogens is 2. The molecule has 0 atom stereocenters. The van der Waals surface area contributed by atoms with Crippen molar-refractivity contribution >= 4 is 26.8 Å². The third-order valence-electron chi connectivity index (χ3n) is 4.73. The van der Waals surface area contributed by atoms with Crippen molar-refractivity contribution in [2.75, 3.05) is 12.8 Å². The number of fused-ring (bicyclic) bond motifs is 1. The predicted octanol–water partition coefficient (Wildman–Crippen LogP) is 3.79. The summed E-state index contributed by atoms with van der Waals surface area (Å²) in [7, 11) is -3.78. The number of sulfone groups is 1. The number of carbonyl (C=O) groups excluding carboxylic acids is 1. The molecule has 0 saturated carbocycles. The Balaban J connectivity index is 2.15. The molecule has 0 unspecified atom stereocenters. The SMILES string of the molecule is CC(C)(C)OC(=O)NCCc1nc2cccc(S(C)(=O)=O)c2c(=O)n1-c1cccc(C(F)F)c1. The van der Waals surface area contributed by atoms with Gasteiger partial charge in [0.15, 0.2) is 9.84 Å². The molecule has 8 nitrogen and oxygen atoms in total. The Hall–Kier alpha value is -3.34. The van der Waals surface area contributed by atoms with Crippen molar-refractivity contribution in [3.63, 3.8) is 0 Å². The second-order valence-electron chi connectivity index (χ2n) is 8.67. The molecule has 2 aromatic carbocycles. The highest BCUT2D eigenvalue weighted by atomic mass is 32.2. The first-order valence-corrected chi connectivity index (χ1v) is 12.3. The third kappa shape index (κ3) is 5.77. The van der Waals surface area contributed by atoms with Crippen LogP contribution in [-0.4, -0.2) is 42.5 Å². The van der Waals surface area contributed by atoms with Gasteiger partial charge in [0.25, 0.3) is 12.0 Å².